The number of hydrogen-bond donors (Lipinski definition) is 0. The molecule has 0 N–H and O–H groups in total. The maximum absolute atomic E-state index is 4.53. The van der Waals surface area contributed by atoms with Gasteiger partial charge in [-0.3, -0.25) is 0 Å². The Bertz CT molecular complexity index is 677. The minimum absolute atomic E-state index is 0.538. The standard InChI is InChI=1S/C19H31N7/c1-3-24-9-6-17(7-10-24)26-11-4-16(5-12-26)19-22-21-18(23(19)2)14-25-13-8-20-15-25/h8,13,15-17H,3-7,9-12,14H2,1-2H3. The predicted octanol–water partition coefficient (Wildman–Crippen LogP) is 1.72. The van der Waals surface area contributed by atoms with Crippen molar-refractivity contribution < 1.29 is 0 Å². The highest BCUT2D eigenvalue weighted by molar-refractivity contribution is 5.04. The quantitative estimate of drug-likeness (QED) is 0.816. The van der Waals surface area contributed by atoms with Crippen molar-refractivity contribution in [3.8, 4) is 0 Å². The van der Waals surface area contributed by atoms with Crippen LogP contribution in [0.15, 0.2) is 18.7 Å². The van der Waals surface area contributed by atoms with E-state index in [0.717, 1.165) is 24.2 Å². The fourth-order valence-corrected chi connectivity index (χ4v) is 4.54. The molecule has 2 aliphatic heterocycles. The Morgan fingerprint density at radius 3 is 2.46 bits per heavy atom. The third-order valence-corrected chi connectivity index (χ3v) is 6.30. The first-order chi connectivity index (χ1) is 12.7. The molecule has 0 amide bonds. The Kier molecular flexibility index (Phi) is 5.36. The molecule has 4 rings (SSSR count). The maximum atomic E-state index is 4.53. The van der Waals surface area contributed by atoms with E-state index < -0.39 is 0 Å². The van der Waals surface area contributed by atoms with Gasteiger partial charge in [-0.15, -0.1) is 10.2 Å². The first-order valence-corrected chi connectivity index (χ1v) is 10.0. The van der Waals surface area contributed by atoms with E-state index in [2.05, 4.69) is 43.5 Å². The van der Waals surface area contributed by atoms with Crippen LogP contribution in [-0.2, 0) is 13.6 Å². The smallest absolute Gasteiger partial charge is 0.152 e. The lowest BCUT2D eigenvalue weighted by molar-refractivity contribution is 0.0882. The second-order valence-corrected chi connectivity index (χ2v) is 7.74. The minimum atomic E-state index is 0.538. The van der Waals surface area contributed by atoms with E-state index in [1.165, 1.54) is 58.4 Å². The Balaban J connectivity index is 1.33. The molecule has 0 spiro atoms. The van der Waals surface area contributed by atoms with Gasteiger partial charge >= 0.3 is 0 Å². The molecular formula is C19H31N7. The highest BCUT2D eigenvalue weighted by Crippen LogP contribution is 2.29. The van der Waals surface area contributed by atoms with Crippen molar-refractivity contribution in [2.75, 3.05) is 32.7 Å². The van der Waals surface area contributed by atoms with Crippen molar-refractivity contribution in [3.05, 3.63) is 30.4 Å². The average molecular weight is 358 g/mol. The Labute approximate surface area is 156 Å². The zero-order valence-electron chi connectivity index (χ0n) is 16.1. The maximum Gasteiger partial charge on any atom is 0.152 e. The summed E-state index contributed by atoms with van der Waals surface area (Å²) >= 11 is 0. The number of piperidine rings is 2. The van der Waals surface area contributed by atoms with Crippen LogP contribution in [0.25, 0.3) is 0 Å². The lowest BCUT2D eigenvalue weighted by Crippen LogP contribution is -2.47. The van der Waals surface area contributed by atoms with Crippen LogP contribution in [0.1, 0.15) is 50.2 Å². The largest absolute Gasteiger partial charge is 0.330 e. The van der Waals surface area contributed by atoms with E-state index in [1.807, 2.05) is 17.1 Å². The molecule has 2 aliphatic rings. The van der Waals surface area contributed by atoms with Crippen LogP contribution in [0.5, 0.6) is 0 Å². The predicted molar refractivity (Wildman–Crippen MR) is 101 cm³/mol. The molecular weight excluding hydrogens is 326 g/mol. The molecule has 2 aromatic rings. The average Bonchev–Trinajstić information content (AvgIpc) is 3.33. The monoisotopic (exact) mass is 357 g/mol. The number of aromatic nitrogens is 5. The van der Waals surface area contributed by atoms with Gasteiger partial charge < -0.3 is 18.9 Å². The van der Waals surface area contributed by atoms with Gasteiger partial charge in [-0.05, 0) is 58.4 Å². The molecule has 7 nitrogen and oxygen atoms in total. The number of imidazole rings is 1. The molecule has 4 heterocycles. The fraction of sp³-hybridized carbons (Fsp3) is 0.737. The van der Waals surface area contributed by atoms with Crippen LogP contribution in [0, 0.1) is 0 Å². The van der Waals surface area contributed by atoms with Crippen LogP contribution in [0.2, 0.25) is 0 Å². The van der Waals surface area contributed by atoms with Crippen molar-refractivity contribution in [2.24, 2.45) is 7.05 Å². The number of likely N-dealkylation sites (tertiary alicyclic amines) is 2. The van der Waals surface area contributed by atoms with Gasteiger partial charge in [0.2, 0.25) is 0 Å². The van der Waals surface area contributed by atoms with Crippen molar-refractivity contribution in [1.29, 1.82) is 0 Å². The Morgan fingerprint density at radius 2 is 1.81 bits per heavy atom. The van der Waals surface area contributed by atoms with Crippen molar-refractivity contribution in [3.63, 3.8) is 0 Å². The van der Waals surface area contributed by atoms with Gasteiger partial charge in [0.25, 0.3) is 0 Å². The molecule has 0 aliphatic carbocycles. The summed E-state index contributed by atoms with van der Waals surface area (Å²) in [5, 5.41) is 8.97. The molecule has 0 unspecified atom stereocenters. The summed E-state index contributed by atoms with van der Waals surface area (Å²) in [7, 11) is 2.11. The first-order valence-electron chi connectivity index (χ1n) is 10.0. The third kappa shape index (κ3) is 3.69. The van der Waals surface area contributed by atoms with Gasteiger partial charge in [0, 0.05) is 31.4 Å². The van der Waals surface area contributed by atoms with Crippen molar-refractivity contribution in [2.45, 2.75) is 51.1 Å². The molecule has 0 bridgehead atoms. The van der Waals surface area contributed by atoms with E-state index >= 15 is 0 Å². The van der Waals surface area contributed by atoms with Crippen LogP contribution in [0.4, 0.5) is 0 Å². The van der Waals surface area contributed by atoms with Crippen LogP contribution in [-0.4, -0.2) is 72.9 Å². The Hall–Kier alpha value is -1.73. The van der Waals surface area contributed by atoms with Crippen LogP contribution < -0.4 is 0 Å². The summed E-state index contributed by atoms with van der Waals surface area (Å²) in [6.07, 6.45) is 10.7. The number of nitrogens with zero attached hydrogens (tertiary/aromatic N) is 7. The lowest BCUT2D eigenvalue weighted by atomic mass is 9.93. The van der Waals surface area contributed by atoms with E-state index in [-0.39, 0.29) is 0 Å². The molecule has 0 atom stereocenters. The molecule has 2 aromatic heterocycles. The zero-order chi connectivity index (χ0) is 17.9. The topological polar surface area (TPSA) is 55.0 Å². The van der Waals surface area contributed by atoms with Crippen molar-refractivity contribution >= 4 is 0 Å². The first kappa shape index (κ1) is 17.7. The van der Waals surface area contributed by atoms with Gasteiger partial charge in [-0.25, -0.2) is 4.98 Å². The molecule has 26 heavy (non-hydrogen) atoms. The van der Waals surface area contributed by atoms with Gasteiger partial charge in [0.15, 0.2) is 5.82 Å². The summed E-state index contributed by atoms with van der Waals surface area (Å²) in [6.45, 7) is 9.13. The summed E-state index contributed by atoms with van der Waals surface area (Å²) in [5.41, 5.74) is 0. The SMILES string of the molecule is CCN1CCC(N2CCC(c3nnc(Cn4ccnc4)n3C)CC2)CC1. The van der Waals surface area contributed by atoms with Gasteiger partial charge in [0.1, 0.15) is 5.82 Å². The normalized spacial score (nSPS) is 21.5. The van der Waals surface area contributed by atoms with Crippen LogP contribution in [0.3, 0.4) is 0 Å². The summed E-state index contributed by atoms with van der Waals surface area (Å²) in [5.74, 6) is 2.70. The van der Waals surface area contributed by atoms with E-state index in [1.54, 1.807) is 6.20 Å². The number of hydrogen-bond acceptors (Lipinski definition) is 5. The molecule has 2 fully saturated rings. The van der Waals surface area contributed by atoms with Gasteiger partial charge in [-0.2, -0.15) is 0 Å². The van der Waals surface area contributed by atoms with E-state index in [9.17, 15) is 0 Å². The Morgan fingerprint density at radius 1 is 1.04 bits per heavy atom. The molecule has 7 heteroatoms. The minimum Gasteiger partial charge on any atom is -0.330 e. The second kappa shape index (κ2) is 7.88. The molecule has 0 saturated carbocycles. The number of rotatable bonds is 5. The van der Waals surface area contributed by atoms with E-state index in [4.69, 9.17) is 0 Å². The van der Waals surface area contributed by atoms with Gasteiger partial charge in [0.05, 0.1) is 12.9 Å². The van der Waals surface area contributed by atoms with E-state index in [0.29, 0.717) is 5.92 Å². The summed E-state index contributed by atoms with van der Waals surface area (Å²) < 4.78 is 4.24. The second-order valence-electron chi connectivity index (χ2n) is 7.74. The van der Waals surface area contributed by atoms with Crippen LogP contribution >= 0.6 is 0 Å². The molecule has 2 saturated heterocycles. The molecule has 0 aromatic carbocycles. The highest BCUT2D eigenvalue weighted by Gasteiger charge is 2.30. The third-order valence-electron chi connectivity index (χ3n) is 6.30. The van der Waals surface area contributed by atoms with Gasteiger partial charge in [-0.1, -0.05) is 6.92 Å². The summed E-state index contributed by atoms with van der Waals surface area (Å²) in [6, 6.07) is 0.787. The molecule has 0 radical (unpaired) electrons. The highest BCUT2D eigenvalue weighted by atomic mass is 15.3. The zero-order valence-corrected chi connectivity index (χ0v) is 16.1. The summed E-state index contributed by atoms with van der Waals surface area (Å²) in [4.78, 5) is 9.41. The molecule has 142 valence electrons. The van der Waals surface area contributed by atoms with Crippen molar-refractivity contribution in [1.82, 2.24) is 34.1 Å². The fourth-order valence-electron chi connectivity index (χ4n) is 4.54. The lowest BCUT2D eigenvalue weighted by Gasteiger charge is -2.41.